The Morgan fingerprint density at radius 3 is 2.52 bits per heavy atom. The highest BCUT2D eigenvalue weighted by Gasteiger charge is 2.06. The van der Waals surface area contributed by atoms with Crippen molar-refractivity contribution in [3.8, 4) is 0 Å². The van der Waals surface area contributed by atoms with Crippen molar-refractivity contribution in [2.24, 2.45) is 4.99 Å². The van der Waals surface area contributed by atoms with E-state index >= 15 is 0 Å². The van der Waals surface area contributed by atoms with Crippen molar-refractivity contribution in [2.45, 2.75) is 34.1 Å². The molecule has 1 nitrogen and oxygen atoms in total. The molecule has 0 saturated carbocycles. The van der Waals surface area contributed by atoms with Crippen LogP contribution < -0.4 is 0 Å². The second-order valence-electron chi connectivity index (χ2n) is 5.68. The topological polar surface area (TPSA) is 12.4 Å². The Balaban J connectivity index is 0.00000192. The van der Waals surface area contributed by atoms with Gasteiger partial charge in [-0.3, -0.25) is 4.99 Å². The molecule has 1 aliphatic heterocycles. The van der Waals surface area contributed by atoms with Gasteiger partial charge in [0.25, 0.3) is 0 Å². The van der Waals surface area contributed by atoms with Gasteiger partial charge in [-0.15, -0.1) is 0 Å². The molecule has 3 rings (SSSR count). The van der Waals surface area contributed by atoms with E-state index in [1.165, 1.54) is 27.8 Å². The minimum atomic E-state index is 0. The van der Waals surface area contributed by atoms with E-state index in [4.69, 9.17) is 0 Å². The highest BCUT2D eigenvalue weighted by molar-refractivity contribution is 5.91. The van der Waals surface area contributed by atoms with Crippen LogP contribution in [0, 0.1) is 6.92 Å². The van der Waals surface area contributed by atoms with E-state index in [9.17, 15) is 0 Å². The van der Waals surface area contributed by atoms with Crippen LogP contribution >= 0.6 is 0 Å². The van der Waals surface area contributed by atoms with Crippen molar-refractivity contribution in [3.05, 3.63) is 82.9 Å². The van der Waals surface area contributed by atoms with Gasteiger partial charge in [-0.05, 0) is 48.6 Å². The molecule has 0 radical (unpaired) electrons. The van der Waals surface area contributed by atoms with Crippen LogP contribution in [0.1, 0.15) is 43.0 Å². The van der Waals surface area contributed by atoms with Gasteiger partial charge in [0, 0.05) is 11.8 Å². The minimum absolute atomic E-state index is 0. The summed E-state index contributed by atoms with van der Waals surface area (Å²) in [5.41, 5.74) is 7.49. The number of hydrogen-bond acceptors (Lipinski definition) is 1. The van der Waals surface area contributed by atoms with Gasteiger partial charge < -0.3 is 0 Å². The monoisotopic (exact) mass is 303 g/mol. The first-order valence-electron chi connectivity index (χ1n) is 7.86. The molecule has 0 unspecified atom stereocenters. The van der Waals surface area contributed by atoms with Crippen LogP contribution in [0.2, 0.25) is 0 Å². The molecular weight excluding hydrogens is 278 g/mol. The molecule has 1 heterocycles. The van der Waals surface area contributed by atoms with E-state index in [0.717, 1.165) is 18.5 Å². The fourth-order valence-electron chi connectivity index (χ4n) is 2.66. The number of nitrogens with zero attached hydrogens (tertiary/aromatic N) is 1. The molecular formula is C22H25N. The summed E-state index contributed by atoms with van der Waals surface area (Å²) in [5.74, 6) is 0. The third kappa shape index (κ3) is 4.07. The lowest BCUT2D eigenvalue weighted by atomic mass is 10.00. The molecule has 0 aromatic heterocycles. The van der Waals surface area contributed by atoms with Gasteiger partial charge in [-0.2, -0.15) is 0 Å². The number of hydrogen-bond donors (Lipinski definition) is 0. The summed E-state index contributed by atoms with van der Waals surface area (Å²) in [7, 11) is 0. The molecule has 0 bridgehead atoms. The van der Waals surface area contributed by atoms with Crippen molar-refractivity contribution in [2.75, 3.05) is 0 Å². The predicted molar refractivity (Wildman–Crippen MR) is 103 cm³/mol. The number of benzene rings is 2. The maximum absolute atomic E-state index is 4.62. The van der Waals surface area contributed by atoms with Crippen molar-refractivity contribution in [3.63, 3.8) is 0 Å². The van der Waals surface area contributed by atoms with Gasteiger partial charge in [0.05, 0.1) is 5.70 Å². The van der Waals surface area contributed by atoms with Gasteiger partial charge in [0.15, 0.2) is 0 Å². The second kappa shape index (κ2) is 7.73. The normalized spacial score (nSPS) is 13.7. The van der Waals surface area contributed by atoms with Crippen LogP contribution in [0.3, 0.4) is 0 Å². The van der Waals surface area contributed by atoms with Crippen LogP contribution in [0.25, 0.3) is 11.3 Å². The number of allylic oxidation sites excluding steroid dienone is 3. The number of aryl methyl sites for hydroxylation is 2. The lowest BCUT2D eigenvalue weighted by molar-refractivity contribution is 1.14. The molecule has 1 heteroatoms. The molecule has 118 valence electrons. The molecule has 0 fully saturated rings. The largest absolute Gasteiger partial charge is 0.257 e. The summed E-state index contributed by atoms with van der Waals surface area (Å²) in [6.45, 7) is 4.30. The zero-order valence-electron chi connectivity index (χ0n) is 13.2. The Kier molecular flexibility index (Phi) is 5.70. The molecule has 0 saturated heterocycles. The fraction of sp³-hybridized carbons (Fsp3) is 0.227. The van der Waals surface area contributed by atoms with Crippen LogP contribution in [0.4, 0.5) is 0 Å². The SMILES string of the molecule is C.CCc1cccc(C2=CCC(c3ccc(C)cc3)=CC=N2)c1. The maximum Gasteiger partial charge on any atom is 0.0665 e. The van der Waals surface area contributed by atoms with Crippen LogP contribution in [0.5, 0.6) is 0 Å². The third-order valence-electron chi connectivity index (χ3n) is 4.06. The summed E-state index contributed by atoms with van der Waals surface area (Å²) in [4.78, 5) is 4.62. The van der Waals surface area contributed by atoms with Crippen molar-refractivity contribution >= 4 is 17.5 Å². The van der Waals surface area contributed by atoms with E-state index < -0.39 is 0 Å². The Morgan fingerprint density at radius 1 is 1.00 bits per heavy atom. The van der Waals surface area contributed by atoms with Gasteiger partial charge in [0.2, 0.25) is 0 Å². The molecule has 23 heavy (non-hydrogen) atoms. The van der Waals surface area contributed by atoms with Crippen molar-refractivity contribution < 1.29 is 0 Å². The second-order valence-corrected chi connectivity index (χ2v) is 5.68. The van der Waals surface area contributed by atoms with Crippen LogP contribution in [-0.2, 0) is 6.42 Å². The lowest BCUT2D eigenvalue weighted by Crippen LogP contribution is -1.86. The molecule has 0 aliphatic carbocycles. The summed E-state index contributed by atoms with van der Waals surface area (Å²) in [6.07, 6.45) is 8.24. The van der Waals surface area contributed by atoms with E-state index in [2.05, 4.69) is 79.5 Å². The smallest absolute Gasteiger partial charge is 0.0665 e. The van der Waals surface area contributed by atoms with Crippen molar-refractivity contribution in [1.82, 2.24) is 0 Å². The van der Waals surface area contributed by atoms with Gasteiger partial charge in [-0.25, -0.2) is 0 Å². The van der Waals surface area contributed by atoms with Gasteiger partial charge in [0.1, 0.15) is 0 Å². The molecule has 2 aromatic rings. The summed E-state index contributed by atoms with van der Waals surface area (Å²) in [5, 5.41) is 0. The molecule has 0 spiro atoms. The highest BCUT2D eigenvalue weighted by atomic mass is 14.7. The molecule has 1 aliphatic rings. The Hall–Kier alpha value is -2.41. The first-order valence-corrected chi connectivity index (χ1v) is 7.86. The zero-order chi connectivity index (χ0) is 15.4. The quantitative estimate of drug-likeness (QED) is 0.650. The van der Waals surface area contributed by atoms with Crippen molar-refractivity contribution in [1.29, 1.82) is 0 Å². The molecule has 0 atom stereocenters. The van der Waals surface area contributed by atoms with Gasteiger partial charge in [-0.1, -0.05) is 68.5 Å². The lowest BCUT2D eigenvalue weighted by Gasteiger charge is -2.05. The average Bonchev–Trinajstić information content (AvgIpc) is 2.82. The van der Waals surface area contributed by atoms with E-state index in [1.54, 1.807) is 0 Å². The fourth-order valence-corrected chi connectivity index (χ4v) is 2.66. The number of rotatable bonds is 3. The number of aliphatic imine (C=N–C) groups is 1. The maximum atomic E-state index is 4.62. The molecule has 0 N–H and O–H groups in total. The van der Waals surface area contributed by atoms with E-state index in [0.29, 0.717) is 0 Å². The van der Waals surface area contributed by atoms with E-state index in [-0.39, 0.29) is 7.43 Å². The Labute approximate surface area is 140 Å². The third-order valence-corrected chi connectivity index (χ3v) is 4.06. The predicted octanol–water partition coefficient (Wildman–Crippen LogP) is 6.09. The van der Waals surface area contributed by atoms with Gasteiger partial charge >= 0.3 is 0 Å². The van der Waals surface area contributed by atoms with E-state index in [1.807, 2.05) is 6.21 Å². The minimum Gasteiger partial charge on any atom is -0.257 e. The van der Waals surface area contributed by atoms with Crippen LogP contribution in [0.15, 0.2) is 65.7 Å². The van der Waals surface area contributed by atoms with Crippen LogP contribution in [-0.4, -0.2) is 6.21 Å². The average molecular weight is 303 g/mol. The highest BCUT2D eigenvalue weighted by Crippen LogP contribution is 2.26. The molecule has 0 amide bonds. The standard InChI is InChI=1S/C21H21N.CH4/c1-3-17-5-4-6-20(15-17)21-12-11-19(13-14-22-21)18-9-7-16(2)8-10-18;/h4-10,12-15H,3,11H2,1-2H3;1H4. The summed E-state index contributed by atoms with van der Waals surface area (Å²) >= 11 is 0. The first kappa shape index (κ1) is 17.0. The first-order chi connectivity index (χ1) is 10.8. The summed E-state index contributed by atoms with van der Waals surface area (Å²) in [6, 6.07) is 17.3. The molecule has 2 aromatic carbocycles. The summed E-state index contributed by atoms with van der Waals surface area (Å²) < 4.78 is 0. The Bertz CT molecular complexity index is 746. The zero-order valence-corrected chi connectivity index (χ0v) is 13.2. The Morgan fingerprint density at radius 2 is 1.78 bits per heavy atom.